The number of imidazole rings is 1. The highest BCUT2D eigenvalue weighted by molar-refractivity contribution is 5.91. The second kappa shape index (κ2) is 7.40. The Kier molecular flexibility index (Phi) is 5.20. The zero-order valence-corrected chi connectivity index (χ0v) is 16.3. The molecule has 1 aliphatic heterocycles. The minimum atomic E-state index is -0.114. The van der Waals surface area contributed by atoms with Crippen molar-refractivity contribution in [2.75, 3.05) is 18.5 Å². The number of nitrogens with one attached hydrogen (secondary N) is 1. The quantitative estimate of drug-likeness (QED) is 0.905. The van der Waals surface area contributed by atoms with Crippen molar-refractivity contribution in [3.63, 3.8) is 0 Å². The monoisotopic (exact) mass is 356 g/mol. The maximum absolute atomic E-state index is 12.8. The largest absolute Gasteiger partial charge is 0.492 e. The van der Waals surface area contributed by atoms with Gasteiger partial charge in [0.15, 0.2) is 0 Å². The third-order valence-electron chi connectivity index (χ3n) is 4.77. The lowest BCUT2D eigenvalue weighted by atomic mass is 10.1. The van der Waals surface area contributed by atoms with Crippen molar-refractivity contribution in [2.24, 2.45) is 7.05 Å². The van der Waals surface area contributed by atoms with Gasteiger partial charge in [0.1, 0.15) is 11.6 Å². The minimum absolute atomic E-state index is 0.114. The molecule has 1 aromatic heterocycles. The predicted octanol–water partition coefficient (Wildman–Crippen LogP) is 3.84. The Hall–Kier alpha value is -2.50. The van der Waals surface area contributed by atoms with Crippen molar-refractivity contribution in [1.29, 1.82) is 0 Å². The van der Waals surface area contributed by atoms with E-state index in [1.807, 2.05) is 36.9 Å². The van der Waals surface area contributed by atoms with E-state index < -0.39 is 0 Å². The first-order valence-electron chi connectivity index (χ1n) is 9.24. The summed E-state index contributed by atoms with van der Waals surface area (Å²) in [5.74, 6) is 2.15. The Morgan fingerprint density at radius 1 is 1.38 bits per heavy atom. The second-order valence-corrected chi connectivity index (χ2v) is 7.11. The van der Waals surface area contributed by atoms with E-state index in [1.165, 1.54) is 5.69 Å². The van der Waals surface area contributed by atoms with E-state index in [9.17, 15) is 4.79 Å². The Bertz CT molecular complexity index is 810. The molecule has 0 saturated heterocycles. The van der Waals surface area contributed by atoms with Crippen molar-refractivity contribution < 1.29 is 9.53 Å². The molecule has 0 atom stereocenters. The maximum atomic E-state index is 12.8. The van der Waals surface area contributed by atoms with E-state index in [2.05, 4.69) is 30.8 Å². The number of rotatable bonds is 4. The van der Waals surface area contributed by atoms with E-state index in [0.717, 1.165) is 23.5 Å². The van der Waals surface area contributed by atoms with Gasteiger partial charge in [-0.1, -0.05) is 19.9 Å². The third-order valence-corrected chi connectivity index (χ3v) is 4.77. The Morgan fingerprint density at radius 3 is 2.85 bits per heavy atom. The molecule has 0 bridgehead atoms. The molecule has 0 radical (unpaired) electrons. The molecule has 2 heterocycles. The molecule has 0 saturated carbocycles. The molecule has 1 N–H and O–H groups in total. The number of fused-ring (bicyclic) bond motifs is 1. The number of hydrogen-bond donors (Lipinski definition) is 1. The number of ether oxygens (including phenoxy) is 1. The number of carbonyl (C=O) groups excluding carboxylic acids is 1. The molecule has 1 aromatic carbocycles. The smallest absolute Gasteiger partial charge is 0.322 e. The SMILES string of the molecule is CCOc1cc(C)ccc1NC(=O)N1CCc2c(nc(C(C)C)n2C)C1. The standard InChI is InChI=1S/C20H28N4O2/c1-6-26-18-11-14(4)7-8-15(18)22-20(25)24-10-9-17-16(12-24)21-19(13(2)3)23(17)5/h7-8,11,13H,6,9-10,12H2,1-5H3,(H,22,25). The molecular weight excluding hydrogens is 328 g/mol. The van der Waals surface area contributed by atoms with Gasteiger partial charge in [0, 0.05) is 31.6 Å². The van der Waals surface area contributed by atoms with Gasteiger partial charge in [-0.25, -0.2) is 9.78 Å². The number of aromatic nitrogens is 2. The first-order chi connectivity index (χ1) is 12.4. The van der Waals surface area contributed by atoms with Crippen LogP contribution in [0.5, 0.6) is 5.75 Å². The van der Waals surface area contributed by atoms with Crippen LogP contribution in [0.15, 0.2) is 18.2 Å². The number of anilines is 1. The highest BCUT2D eigenvalue weighted by Crippen LogP contribution is 2.27. The lowest BCUT2D eigenvalue weighted by Crippen LogP contribution is -2.39. The van der Waals surface area contributed by atoms with E-state index in [0.29, 0.717) is 37.1 Å². The van der Waals surface area contributed by atoms with Gasteiger partial charge in [-0.05, 0) is 31.5 Å². The highest BCUT2D eigenvalue weighted by Gasteiger charge is 2.26. The fourth-order valence-corrected chi connectivity index (χ4v) is 3.44. The summed E-state index contributed by atoms with van der Waals surface area (Å²) in [5.41, 5.74) is 4.05. The van der Waals surface area contributed by atoms with E-state index in [-0.39, 0.29) is 6.03 Å². The van der Waals surface area contributed by atoms with Crippen LogP contribution in [0.3, 0.4) is 0 Å². The summed E-state index contributed by atoms with van der Waals surface area (Å²) < 4.78 is 7.84. The average molecular weight is 356 g/mol. The number of urea groups is 1. The molecule has 140 valence electrons. The van der Waals surface area contributed by atoms with Gasteiger partial charge in [0.2, 0.25) is 0 Å². The van der Waals surface area contributed by atoms with Crippen LogP contribution < -0.4 is 10.1 Å². The van der Waals surface area contributed by atoms with E-state index in [1.54, 1.807) is 0 Å². The number of benzene rings is 1. The molecule has 6 heteroatoms. The molecule has 0 aliphatic carbocycles. The summed E-state index contributed by atoms with van der Waals surface area (Å²) in [7, 11) is 2.07. The molecule has 2 aromatic rings. The lowest BCUT2D eigenvalue weighted by Gasteiger charge is -2.27. The minimum Gasteiger partial charge on any atom is -0.492 e. The summed E-state index contributed by atoms with van der Waals surface area (Å²) in [4.78, 5) is 19.3. The number of hydrogen-bond acceptors (Lipinski definition) is 3. The fraction of sp³-hybridized carbons (Fsp3) is 0.500. The van der Waals surface area contributed by atoms with Gasteiger partial charge >= 0.3 is 6.03 Å². The lowest BCUT2D eigenvalue weighted by molar-refractivity contribution is 0.205. The molecule has 1 aliphatic rings. The maximum Gasteiger partial charge on any atom is 0.322 e. The van der Waals surface area contributed by atoms with Gasteiger partial charge in [0.25, 0.3) is 0 Å². The molecule has 0 spiro atoms. The number of nitrogens with zero attached hydrogens (tertiary/aromatic N) is 3. The average Bonchev–Trinajstić information content (AvgIpc) is 2.94. The van der Waals surface area contributed by atoms with Gasteiger partial charge in [-0.15, -0.1) is 0 Å². The Labute approximate surface area is 155 Å². The zero-order chi connectivity index (χ0) is 18.8. The molecule has 26 heavy (non-hydrogen) atoms. The van der Waals surface area contributed by atoms with Crippen LogP contribution in [0, 0.1) is 6.92 Å². The molecule has 0 unspecified atom stereocenters. The van der Waals surface area contributed by atoms with Crippen molar-refractivity contribution >= 4 is 11.7 Å². The van der Waals surface area contributed by atoms with Crippen LogP contribution in [-0.2, 0) is 20.0 Å². The van der Waals surface area contributed by atoms with Crippen molar-refractivity contribution in [3.05, 3.63) is 41.0 Å². The van der Waals surface area contributed by atoms with Crippen molar-refractivity contribution in [2.45, 2.75) is 46.6 Å². The zero-order valence-electron chi connectivity index (χ0n) is 16.3. The molecule has 2 amide bonds. The Balaban J connectivity index is 1.75. The predicted molar refractivity (Wildman–Crippen MR) is 103 cm³/mol. The second-order valence-electron chi connectivity index (χ2n) is 7.11. The van der Waals surface area contributed by atoms with Crippen LogP contribution in [0.4, 0.5) is 10.5 Å². The summed E-state index contributed by atoms with van der Waals surface area (Å²) in [6.07, 6.45) is 0.825. The third kappa shape index (κ3) is 3.54. The normalized spacial score (nSPS) is 13.7. The number of amides is 2. The molecule has 0 fully saturated rings. The van der Waals surface area contributed by atoms with Crippen molar-refractivity contribution in [1.82, 2.24) is 14.5 Å². The van der Waals surface area contributed by atoms with Crippen LogP contribution in [0.1, 0.15) is 49.5 Å². The summed E-state index contributed by atoms with van der Waals surface area (Å²) >= 11 is 0. The Morgan fingerprint density at radius 2 is 2.15 bits per heavy atom. The van der Waals surface area contributed by atoms with Crippen LogP contribution in [-0.4, -0.2) is 33.6 Å². The summed E-state index contributed by atoms with van der Waals surface area (Å²) in [6.45, 7) is 10.0. The molecule has 3 rings (SSSR count). The van der Waals surface area contributed by atoms with Crippen molar-refractivity contribution in [3.8, 4) is 5.75 Å². The molecular formula is C20H28N4O2. The van der Waals surface area contributed by atoms with Crippen LogP contribution in [0.2, 0.25) is 0 Å². The first-order valence-corrected chi connectivity index (χ1v) is 9.24. The first kappa shape index (κ1) is 18.3. The van der Waals surface area contributed by atoms with Crippen LogP contribution in [0.25, 0.3) is 0 Å². The van der Waals surface area contributed by atoms with Gasteiger partial charge < -0.3 is 19.5 Å². The van der Waals surface area contributed by atoms with Gasteiger partial charge in [-0.3, -0.25) is 0 Å². The molecule has 6 nitrogen and oxygen atoms in total. The van der Waals surface area contributed by atoms with E-state index in [4.69, 9.17) is 9.72 Å². The number of carbonyl (C=O) groups is 1. The van der Waals surface area contributed by atoms with Gasteiger partial charge in [0.05, 0.1) is 24.5 Å². The number of aryl methyl sites for hydroxylation is 1. The summed E-state index contributed by atoms with van der Waals surface area (Å²) in [5, 5.41) is 2.99. The van der Waals surface area contributed by atoms with E-state index >= 15 is 0 Å². The topological polar surface area (TPSA) is 59.4 Å². The van der Waals surface area contributed by atoms with Crippen LogP contribution >= 0.6 is 0 Å². The fourth-order valence-electron chi connectivity index (χ4n) is 3.44. The van der Waals surface area contributed by atoms with Gasteiger partial charge in [-0.2, -0.15) is 0 Å². The summed E-state index contributed by atoms with van der Waals surface area (Å²) in [6, 6.07) is 5.70. The highest BCUT2D eigenvalue weighted by atomic mass is 16.5.